The van der Waals surface area contributed by atoms with Gasteiger partial charge in [-0.25, -0.2) is 4.79 Å². The van der Waals surface area contributed by atoms with Crippen LogP contribution in [0.15, 0.2) is 30.3 Å². The second-order valence-corrected chi connectivity index (χ2v) is 5.66. The van der Waals surface area contributed by atoms with Crippen LogP contribution in [0.1, 0.15) is 18.1 Å². The predicted molar refractivity (Wildman–Crippen MR) is 71.7 cm³/mol. The summed E-state index contributed by atoms with van der Waals surface area (Å²) in [4.78, 5) is 11.1. The van der Waals surface area contributed by atoms with Crippen molar-refractivity contribution in [2.75, 3.05) is 13.4 Å². The van der Waals surface area contributed by atoms with Gasteiger partial charge < -0.3 is 4.74 Å². The Bertz CT molecular complexity index is 570. The fourth-order valence-electron chi connectivity index (χ4n) is 1.36. The Hall–Kier alpha value is -1.66. The standard InChI is InChI=1S/C13H16O5S/c1-10(8-13(14)17-2)12-6-4-11(5-7-12)9-18-19(3,15)16/h4-8H,9H2,1-3H3/b10-8-. The monoisotopic (exact) mass is 284 g/mol. The Balaban J connectivity index is 2.76. The summed E-state index contributed by atoms with van der Waals surface area (Å²) in [7, 11) is -2.12. The van der Waals surface area contributed by atoms with Crippen LogP contribution in [-0.4, -0.2) is 27.8 Å². The first kappa shape index (κ1) is 15.4. The van der Waals surface area contributed by atoms with Gasteiger partial charge in [-0.05, 0) is 23.6 Å². The van der Waals surface area contributed by atoms with Crippen molar-refractivity contribution in [1.82, 2.24) is 0 Å². The molecular formula is C13H16O5S. The van der Waals surface area contributed by atoms with Crippen molar-refractivity contribution in [3.63, 3.8) is 0 Å². The predicted octanol–water partition coefficient (Wildman–Crippen LogP) is 1.74. The van der Waals surface area contributed by atoms with Crippen molar-refractivity contribution in [2.45, 2.75) is 13.5 Å². The van der Waals surface area contributed by atoms with Gasteiger partial charge in [0.15, 0.2) is 0 Å². The number of methoxy groups -OCH3 is 1. The number of rotatable bonds is 5. The van der Waals surface area contributed by atoms with E-state index in [-0.39, 0.29) is 6.61 Å². The van der Waals surface area contributed by atoms with E-state index in [0.717, 1.165) is 23.0 Å². The highest BCUT2D eigenvalue weighted by Crippen LogP contribution is 2.15. The summed E-state index contributed by atoms with van der Waals surface area (Å²) in [5.41, 5.74) is 2.36. The average molecular weight is 284 g/mol. The summed E-state index contributed by atoms with van der Waals surface area (Å²) >= 11 is 0. The number of allylic oxidation sites excluding steroid dienone is 1. The number of ether oxygens (including phenoxy) is 1. The number of benzene rings is 1. The van der Waals surface area contributed by atoms with Gasteiger partial charge in [-0.15, -0.1) is 0 Å². The van der Waals surface area contributed by atoms with Gasteiger partial charge in [0.2, 0.25) is 0 Å². The minimum atomic E-state index is -3.44. The van der Waals surface area contributed by atoms with Gasteiger partial charge in [-0.1, -0.05) is 24.3 Å². The lowest BCUT2D eigenvalue weighted by Gasteiger charge is -2.04. The van der Waals surface area contributed by atoms with Gasteiger partial charge in [-0.2, -0.15) is 8.42 Å². The lowest BCUT2D eigenvalue weighted by atomic mass is 10.1. The summed E-state index contributed by atoms with van der Waals surface area (Å²) in [5, 5.41) is 0. The van der Waals surface area contributed by atoms with Crippen LogP contribution in [0.3, 0.4) is 0 Å². The maximum Gasteiger partial charge on any atom is 0.330 e. The molecule has 0 radical (unpaired) electrons. The van der Waals surface area contributed by atoms with Crippen molar-refractivity contribution in [1.29, 1.82) is 0 Å². The van der Waals surface area contributed by atoms with Crippen LogP contribution in [0.4, 0.5) is 0 Å². The highest BCUT2D eigenvalue weighted by molar-refractivity contribution is 7.85. The summed E-state index contributed by atoms with van der Waals surface area (Å²) in [5.74, 6) is -0.415. The molecule has 0 aliphatic rings. The third-order valence-corrected chi connectivity index (χ3v) is 2.93. The number of carbonyl (C=O) groups is 1. The van der Waals surface area contributed by atoms with E-state index in [9.17, 15) is 13.2 Å². The van der Waals surface area contributed by atoms with Gasteiger partial charge in [0.1, 0.15) is 0 Å². The van der Waals surface area contributed by atoms with Crippen molar-refractivity contribution in [3.8, 4) is 0 Å². The van der Waals surface area contributed by atoms with Gasteiger partial charge >= 0.3 is 5.97 Å². The molecule has 19 heavy (non-hydrogen) atoms. The molecule has 0 atom stereocenters. The van der Waals surface area contributed by atoms with Crippen molar-refractivity contribution in [3.05, 3.63) is 41.5 Å². The summed E-state index contributed by atoms with van der Waals surface area (Å²) in [6, 6.07) is 7.07. The molecule has 0 heterocycles. The molecule has 0 aliphatic carbocycles. The largest absolute Gasteiger partial charge is 0.466 e. The average Bonchev–Trinajstić information content (AvgIpc) is 2.36. The van der Waals surface area contributed by atoms with E-state index in [1.54, 1.807) is 31.2 Å². The van der Waals surface area contributed by atoms with Crippen LogP contribution >= 0.6 is 0 Å². The second kappa shape index (κ2) is 6.49. The highest BCUT2D eigenvalue weighted by Gasteiger charge is 2.04. The Kier molecular flexibility index (Phi) is 5.26. The van der Waals surface area contributed by atoms with Gasteiger partial charge in [-0.3, -0.25) is 4.18 Å². The number of esters is 1. The van der Waals surface area contributed by atoms with Gasteiger partial charge in [0.05, 0.1) is 20.0 Å². The molecule has 0 spiro atoms. The third kappa shape index (κ3) is 5.67. The SMILES string of the molecule is COC(=O)/C=C(/C)c1ccc(COS(C)(=O)=O)cc1. The molecule has 1 aromatic carbocycles. The first-order valence-electron chi connectivity index (χ1n) is 5.52. The molecule has 1 aromatic rings. The Morgan fingerprint density at radius 3 is 2.32 bits per heavy atom. The zero-order valence-electron chi connectivity index (χ0n) is 11.0. The molecule has 5 nitrogen and oxygen atoms in total. The van der Waals surface area contributed by atoms with Gasteiger partial charge in [0, 0.05) is 6.08 Å². The van der Waals surface area contributed by atoms with Crippen molar-refractivity contribution < 1.29 is 22.1 Å². The zero-order chi connectivity index (χ0) is 14.5. The fourth-order valence-corrected chi connectivity index (χ4v) is 1.71. The quantitative estimate of drug-likeness (QED) is 0.468. The molecule has 0 N–H and O–H groups in total. The van der Waals surface area contributed by atoms with E-state index in [0.29, 0.717) is 0 Å². The zero-order valence-corrected chi connectivity index (χ0v) is 11.9. The van der Waals surface area contributed by atoms with Crippen LogP contribution < -0.4 is 0 Å². The molecule has 1 rings (SSSR count). The Labute approximate surface area is 113 Å². The van der Waals surface area contributed by atoms with Crippen LogP contribution in [0.25, 0.3) is 5.57 Å². The molecule has 0 saturated heterocycles. The summed E-state index contributed by atoms with van der Waals surface area (Å²) in [6.07, 6.45) is 2.40. The smallest absolute Gasteiger partial charge is 0.330 e. The lowest BCUT2D eigenvalue weighted by Crippen LogP contribution is -2.02. The Morgan fingerprint density at radius 1 is 1.26 bits per heavy atom. The minimum Gasteiger partial charge on any atom is -0.466 e. The summed E-state index contributed by atoms with van der Waals surface area (Å²) in [6.45, 7) is 1.79. The highest BCUT2D eigenvalue weighted by atomic mass is 32.2. The topological polar surface area (TPSA) is 69.7 Å². The van der Waals surface area contributed by atoms with Crippen molar-refractivity contribution >= 4 is 21.7 Å². The van der Waals surface area contributed by atoms with Crippen LogP contribution in [-0.2, 0) is 30.4 Å². The summed E-state index contributed by atoms with van der Waals surface area (Å²) < 4.78 is 30.9. The second-order valence-electron chi connectivity index (χ2n) is 4.01. The molecule has 6 heteroatoms. The first-order valence-corrected chi connectivity index (χ1v) is 7.33. The number of hydrogen-bond acceptors (Lipinski definition) is 5. The fraction of sp³-hybridized carbons (Fsp3) is 0.308. The number of carbonyl (C=O) groups excluding carboxylic acids is 1. The molecule has 0 amide bonds. The van der Waals surface area contributed by atoms with E-state index in [1.165, 1.54) is 13.2 Å². The van der Waals surface area contributed by atoms with Crippen molar-refractivity contribution in [2.24, 2.45) is 0 Å². The van der Waals surface area contributed by atoms with E-state index in [1.807, 2.05) is 0 Å². The molecule has 0 aliphatic heterocycles. The third-order valence-electron chi connectivity index (χ3n) is 2.38. The maximum atomic E-state index is 11.1. The molecule has 0 aromatic heterocycles. The first-order chi connectivity index (χ1) is 8.81. The minimum absolute atomic E-state index is 0.00111. The van der Waals surface area contributed by atoms with E-state index in [4.69, 9.17) is 0 Å². The molecule has 104 valence electrons. The molecule has 0 bridgehead atoms. The van der Waals surface area contributed by atoms with E-state index >= 15 is 0 Å². The molecule has 0 unspecified atom stereocenters. The van der Waals surface area contributed by atoms with Gasteiger partial charge in [0.25, 0.3) is 10.1 Å². The normalized spacial score (nSPS) is 12.3. The molecule has 0 fully saturated rings. The number of hydrogen-bond donors (Lipinski definition) is 0. The molecule has 0 saturated carbocycles. The van der Waals surface area contributed by atoms with Crippen LogP contribution in [0, 0.1) is 0 Å². The van der Waals surface area contributed by atoms with Crippen LogP contribution in [0.5, 0.6) is 0 Å². The maximum absolute atomic E-state index is 11.1. The van der Waals surface area contributed by atoms with Crippen LogP contribution in [0.2, 0.25) is 0 Å². The Morgan fingerprint density at radius 2 is 1.84 bits per heavy atom. The van der Waals surface area contributed by atoms with E-state index in [2.05, 4.69) is 8.92 Å². The molecular weight excluding hydrogens is 268 g/mol. The van der Waals surface area contributed by atoms with E-state index < -0.39 is 16.1 Å². The lowest BCUT2D eigenvalue weighted by molar-refractivity contribution is -0.134.